The first-order chi connectivity index (χ1) is 13.8. The summed E-state index contributed by atoms with van der Waals surface area (Å²) >= 11 is 0. The van der Waals surface area contributed by atoms with E-state index in [1.54, 1.807) is 0 Å². The molecule has 0 saturated heterocycles. The summed E-state index contributed by atoms with van der Waals surface area (Å²) < 4.78 is 0. The predicted octanol–water partition coefficient (Wildman–Crippen LogP) is 7.62. The maximum atomic E-state index is 11.0. The molecule has 0 aromatic heterocycles. The van der Waals surface area contributed by atoms with Gasteiger partial charge in [-0.05, 0) is 70.9 Å². The largest absolute Gasteiger partial charge is 0.507 e. The highest BCUT2D eigenvalue weighted by atomic mass is 16.3. The summed E-state index contributed by atoms with van der Waals surface area (Å²) in [6, 6.07) is 8.61. The van der Waals surface area contributed by atoms with E-state index in [0.29, 0.717) is 17.9 Å². The third-order valence-electron chi connectivity index (χ3n) is 5.82. The maximum Gasteiger partial charge on any atom is 0.122 e. The summed E-state index contributed by atoms with van der Waals surface area (Å²) in [4.78, 5) is 0. The Balaban J connectivity index is 2.51. The number of hydrogen-bond donors (Lipinski definition) is 2. The van der Waals surface area contributed by atoms with Crippen LogP contribution in [-0.2, 0) is 19.3 Å². The van der Waals surface area contributed by atoms with Crippen LogP contribution in [-0.4, -0.2) is 10.2 Å². The first kappa shape index (κ1) is 23.3. The summed E-state index contributed by atoms with van der Waals surface area (Å²) in [5, 5.41) is 21.9. The lowest BCUT2D eigenvalue weighted by Crippen LogP contribution is -2.01. The topological polar surface area (TPSA) is 40.5 Å². The maximum absolute atomic E-state index is 11.0. The van der Waals surface area contributed by atoms with E-state index in [0.717, 1.165) is 60.8 Å². The quantitative estimate of drug-likeness (QED) is 0.433. The Bertz CT molecular complexity index is 735. The molecule has 0 aliphatic carbocycles. The number of phenolic OH excluding ortho intramolecular Hbond substituents is 2. The third-order valence-corrected chi connectivity index (χ3v) is 5.82. The lowest BCUT2D eigenvalue weighted by Gasteiger charge is -2.19. The minimum Gasteiger partial charge on any atom is -0.507 e. The van der Waals surface area contributed by atoms with Crippen molar-refractivity contribution < 1.29 is 10.2 Å². The third kappa shape index (κ3) is 6.01. The molecule has 0 unspecified atom stereocenters. The average molecular weight is 397 g/mol. The van der Waals surface area contributed by atoms with Gasteiger partial charge in [0.05, 0.1) is 0 Å². The van der Waals surface area contributed by atoms with Crippen molar-refractivity contribution in [2.45, 2.75) is 98.3 Å². The fraction of sp³-hybridized carbons (Fsp3) is 0.556. The van der Waals surface area contributed by atoms with Crippen molar-refractivity contribution in [2.24, 2.45) is 0 Å². The van der Waals surface area contributed by atoms with Crippen molar-refractivity contribution >= 4 is 0 Å². The second-order valence-corrected chi connectivity index (χ2v) is 9.08. The van der Waals surface area contributed by atoms with Gasteiger partial charge in [-0.15, -0.1) is 0 Å². The van der Waals surface area contributed by atoms with Crippen LogP contribution in [0.5, 0.6) is 11.5 Å². The molecule has 0 bridgehead atoms. The summed E-state index contributed by atoms with van der Waals surface area (Å²) in [5.74, 6) is 1.33. The molecule has 0 spiro atoms. The van der Waals surface area contributed by atoms with Gasteiger partial charge in [-0.25, -0.2) is 0 Å². The molecule has 2 nitrogen and oxygen atoms in total. The van der Waals surface area contributed by atoms with Gasteiger partial charge in [0.2, 0.25) is 0 Å². The minimum absolute atomic E-state index is 0.269. The second-order valence-electron chi connectivity index (χ2n) is 9.08. The van der Waals surface area contributed by atoms with E-state index in [4.69, 9.17) is 0 Å². The molecule has 2 aromatic rings. The molecule has 0 saturated carbocycles. The van der Waals surface area contributed by atoms with Crippen LogP contribution in [0.25, 0.3) is 0 Å². The van der Waals surface area contributed by atoms with Gasteiger partial charge in [0, 0.05) is 6.42 Å². The van der Waals surface area contributed by atoms with Gasteiger partial charge in [0.1, 0.15) is 11.5 Å². The Hall–Kier alpha value is -1.96. The molecule has 0 amide bonds. The van der Waals surface area contributed by atoms with Crippen molar-refractivity contribution in [3.8, 4) is 11.5 Å². The normalized spacial score (nSPS) is 11.6. The summed E-state index contributed by atoms with van der Waals surface area (Å²) in [6.45, 7) is 12.9. The fourth-order valence-electron chi connectivity index (χ4n) is 3.98. The Labute approximate surface area is 178 Å². The number of aryl methyl sites for hydroxylation is 2. The van der Waals surface area contributed by atoms with E-state index in [9.17, 15) is 10.2 Å². The van der Waals surface area contributed by atoms with Gasteiger partial charge < -0.3 is 10.2 Å². The SMILES string of the molecule is CCCCc1cc(Cc2cc(CCCC)cc(C(C)C)c2O)c(O)c(C(C)C)c1. The highest BCUT2D eigenvalue weighted by molar-refractivity contribution is 5.52. The number of rotatable bonds is 10. The zero-order chi connectivity index (χ0) is 21.6. The van der Waals surface area contributed by atoms with Gasteiger partial charge in [0.15, 0.2) is 0 Å². The number of unbranched alkanes of at least 4 members (excludes halogenated alkanes) is 2. The molecule has 0 atom stereocenters. The Morgan fingerprint density at radius 3 is 1.34 bits per heavy atom. The molecule has 2 aromatic carbocycles. The first-order valence-corrected chi connectivity index (χ1v) is 11.5. The lowest BCUT2D eigenvalue weighted by atomic mass is 9.89. The average Bonchev–Trinajstić information content (AvgIpc) is 2.68. The van der Waals surface area contributed by atoms with Crippen LogP contribution >= 0.6 is 0 Å². The van der Waals surface area contributed by atoms with Crippen LogP contribution < -0.4 is 0 Å². The van der Waals surface area contributed by atoms with Crippen LogP contribution in [0.4, 0.5) is 0 Å². The van der Waals surface area contributed by atoms with Gasteiger partial charge in [-0.3, -0.25) is 0 Å². The van der Waals surface area contributed by atoms with Crippen molar-refractivity contribution in [2.75, 3.05) is 0 Å². The summed E-state index contributed by atoms with van der Waals surface area (Å²) in [7, 11) is 0. The molecule has 2 rings (SSSR count). The zero-order valence-electron chi connectivity index (χ0n) is 19.3. The van der Waals surface area contributed by atoms with Crippen LogP contribution in [0.2, 0.25) is 0 Å². The molecule has 29 heavy (non-hydrogen) atoms. The fourth-order valence-corrected chi connectivity index (χ4v) is 3.98. The highest BCUT2D eigenvalue weighted by Gasteiger charge is 2.17. The van der Waals surface area contributed by atoms with Gasteiger partial charge in [-0.1, -0.05) is 78.6 Å². The van der Waals surface area contributed by atoms with E-state index < -0.39 is 0 Å². The molecule has 2 heteroatoms. The predicted molar refractivity (Wildman–Crippen MR) is 124 cm³/mol. The van der Waals surface area contributed by atoms with E-state index in [-0.39, 0.29) is 11.8 Å². The van der Waals surface area contributed by atoms with Crippen LogP contribution in [0.1, 0.15) is 112 Å². The molecular weight excluding hydrogens is 356 g/mol. The minimum atomic E-state index is 0.269. The molecule has 0 heterocycles. The Morgan fingerprint density at radius 2 is 1.03 bits per heavy atom. The molecule has 0 aliphatic rings. The van der Waals surface area contributed by atoms with Crippen molar-refractivity contribution in [1.29, 1.82) is 0 Å². The molecular formula is C27H40O2. The summed E-state index contributed by atoms with van der Waals surface area (Å²) in [6.07, 6.45) is 7.24. The van der Waals surface area contributed by atoms with E-state index in [2.05, 4.69) is 65.8 Å². The number of hydrogen-bond acceptors (Lipinski definition) is 2. The van der Waals surface area contributed by atoms with Gasteiger partial charge in [0.25, 0.3) is 0 Å². The molecule has 160 valence electrons. The highest BCUT2D eigenvalue weighted by Crippen LogP contribution is 2.37. The lowest BCUT2D eigenvalue weighted by molar-refractivity contribution is 0.452. The van der Waals surface area contributed by atoms with Crippen LogP contribution in [0.3, 0.4) is 0 Å². The number of benzene rings is 2. The van der Waals surface area contributed by atoms with Crippen LogP contribution in [0.15, 0.2) is 24.3 Å². The number of phenols is 2. The van der Waals surface area contributed by atoms with E-state index in [1.807, 2.05) is 0 Å². The molecule has 0 aliphatic heterocycles. The first-order valence-electron chi connectivity index (χ1n) is 11.5. The molecule has 0 radical (unpaired) electrons. The molecule has 2 N–H and O–H groups in total. The zero-order valence-corrected chi connectivity index (χ0v) is 19.3. The molecule has 0 fully saturated rings. The van der Waals surface area contributed by atoms with Gasteiger partial charge in [-0.2, -0.15) is 0 Å². The Morgan fingerprint density at radius 1 is 0.655 bits per heavy atom. The standard InChI is InChI=1S/C27H40O2/c1-7-9-11-20-13-22(26(28)24(15-20)18(3)4)17-23-14-21(12-10-8-2)16-25(19(5)6)27(23)29/h13-16,18-19,28-29H,7-12,17H2,1-6H3. The smallest absolute Gasteiger partial charge is 0.122 e. The van der Waals surface area contributed by atoms with Crippen molar-refractivity contribution in [3.63, 3.8) is 0 Å². The van der Waals surface area contributed by atoms with E-state index >= 15 is 0 Å². The number of aromatic hydroxyl groups is 2. The van der Waals surface area contributed by atoms with Gasteiger partial charge >= 0.3 is 0 Å². The van der Waals surface area contributed by atoms with E-state index in [1.165, 1.54) is 11.1 Å². The van der Waals surface area contributed by atoms with Crippen molar-refractivity contribution in [1.82, 2.24) is 0 Å². The van der Waals surface area contributed by atoms with Crippen molar-refractivity contribution in [3.05, 3.63) is 57.6 Å². The second kappa shape index (κ2) is 10.7. The Kier molecular flexibility index (Phi) is 8.61. The van der Waals surface area contributed by atoms with Crippen LogP contribution in [0, 0.1) is 0 Å². The summed E-state index contributed by atoms with van der Waals surface area (Å²) in [5.41, 5.74) is 6.46. The monoisotopic (exact) mass is 396 g/mol.